The molecule has 11 heteroatoms. The van der Waals surface area contributed by atoms with Gasteiger partial charge in [0.1, 0.15) is 35.4 Å². The van der Waals surface area contributed by atoms with Crippen molar-refractivity contribution in [1.82, 2.24) is 0 Å². The summed E-state index contributed by atoms with van der Waals surface area (Å²) in [5.41, 5.74) is 1.19. The predicted molar refractivity (Wildman–Crippen MR) is 182 cm³/mol. The lowest BCUT2D eigenvalue weighted by molar-refractivity contribution is -0.197. The molecule has 0 N–H and O–H groups in total. The monoisotopic (exact) mass is 682 g/mol. The van der Waals surface area contributed by atoms with Crippen LogP contribution in [0.1, 0.15) is 80.7 Å². The lowest BCUT2D eigenvalue weighted by Crippen LogP contribution is -2.37. The Labute approximate surface area is 289 Å². The summed E-state index contributed by atoms with van der Waals surface area (Å²) in [5, 5.41) is 0. The molecule has 0 aromatic heterocycles. The Hall–Kier alpha value is -3.74. The minimum atomic E-state index is -0.928. The highest BCUT2D eigenvalue weighted by atomic mass is 16.8. The third-order valence-electron chi connectivity index (χ3n) is 8.24. The van der Waals surface area contributed by atoms with E-state index in [1.807, 2.05) is 52.8 Å². The first-order chi connectivity index (χ1) is 23.3. The van der Waals surface area contributed by atoms with Gasteiger partial charge in [-0.15, -0.1) is 0 Å². The number of ether oxygens (including phenoxy) is 9. The predicted octanol–water partition coefficient (Wildman–Crippen LogP) is 6.74. The molecular weight excluding hydrogens is 632 g/mol. The molecule has 0 spiro atoms. The fourth-order valence-electron chi connectivity index (χ4n) is 5.32. The molecule has 268 valence electrons. The maximum atomic E-state index is 13.8. The Bertz CT molecular complexity index is 1450. The SMILES string of the molecule is COCOc1cc(OCCCOC(C)(C)OC)cc2c1C(=O)OC(C)[C@H](C)/C=C\C(OC(=O)c1ccccc1)C1OC(C)(C)OC1C/C=C/2. The highest BCUT2D eigenvalue weighted by Crippen LogP contribution is 2.36. The van der Waals surface area contributed by atoms with Crippen LogP contribution in [0.3, 0.4) is 0 Å². The summed E-state index contributed by atoms with van der Waals surface area (Å²) in [5.74, 6) is -2.18. The highest BCUT2D eigenvalue weighted by molar-refractivity contribution is 5.97. The van der Waals surface area contributed by atoms with E-state index in [9.17, 15) is 9.59 Å². The molecule has 0 radical (unpaired) electrons. The third-order valence-corrected chi connectivity index (χ3v) is 8.24. The van der Waals surface area contributed by atoms with Crippen LogP contribution in [0.15, 0.2) is 60.7 Å². The zero-order valence-electron chi connectivity index (χ0n) is 29.8. The number of hydrogen-bond donors (Lipinski definition) is 0. The first-order valence-electron chi connectivity index (χ1n) is 16.6. The van der Waals surface area contributed by atoms with E-state index < -0.39 is 47.9 Å². The number of hydrogen-bond acceptors (Lipinski definition) is 11. The first kappa shape index (κ1) is 38.1. The van der Waals surface area contributed by atoms with Crippen molar-refractivity contribution in [3.63, 3.8) is 0 Å². The van der Waals surface area contributed by atoms with Crippen LogP contribution < -0.4 is 9.47 Å². The second-order valence-corrected chi connectivity index (χ2v) is 13.0. The van der Waals surface area contributed by atoms with Crippen LogP contribution in [-0.4, -0.2) is 82.2 Å². The second-order valence-electron chi connectivity index (χ2n) is 13.0. The maximum absolute atomic E-state index is 13.8. The molecule has 0 bridgehead atoms. The molecule has 0 saturated carbocycles. The Morgan fingerprint density at radius 1 is 1.00 bits per heavy atom. The van der Waals surface area contributed by atoms with E-state index in [-0.39, 0.29) is 24.0 Å². The maximum Gasteiger partial charge on any atom is 0.342 e. The molecule has 11 nitrogen and oxygen atoms in total. The number of benzene rings is 2. The molecule has 2 heterocycles. The van der Waals surface area contributed by atoms with Crippen molar-refractivity contribution in [3.05, 3.63) is 77.4 Å². The standard InChI is InChI=1S/C38H50O11/c1-25-18-19-30(47-35(39)27-14-10-9-11-15-27)34-31(48-38(5,6)49-34)17-12-16-28-22-29(43-20-13-21-45-37(3,4)42-8)23-32(44-24-41-7)33(28)36(40)46-26(25)2/h9-12,14-16,18-19,22-23,25-26,30-31,34H,13,17,20-21,24H2,1-8H3/b16-12+,19-18-/t25-,26?,30?,31?,34?/m1/s1. The minimum absolute atomic E-state index is 0.0887. The van der Waals surface area contributed by atoms with Crippen LogP contribution in [0, 0.1) is 5.92 Å². The van der Waals surface area contributed by atoms with Crippen LogP contribution in [0.25, 0.3) is 6.08 Å². The Kier molecular flexibility index (Phi) is 13.4. The van der Waals surface area contributed by atoms with E-state index in [1.54, 1.807) is 62.6 Å². The number of esters is 2. The normalized spacial score (nSPS) is 25.2. The lowest BCUT2D eigenvalue weighted by Gasteiger charge is -2.26. The summed E-state index contributed by atoms with van der Waals surface area (Å²) in [6.07, 6.45) is 5.92. The quantitative estimate of drug-likeness (QED) is 0.103. The van der Waals surface area contributed by atoms with Crippen molar-refractivity contribution in [3.8, 4) is 11.5 Å². The van der Waals surface area contributed by atoms with Gasteiger partial charge in [0, 0.05) is 32.6 Å². The molecule has 2 aromatic rings. The fraction of sp³-hybridized carbons (Fsp3) is 0.526. The van der Waals surface area contributed by atoms with Gasteiger partial charge in [-0.3, -0.25) is 0 Å². The van der Waals surface area contributed by atoms with Gasteiger partial charge < -0.3 is 42.6 Å². The Balaban J connectivity index is 1.67. The fourth-order valence-corrected chi connectivity index (χ4v) is 5.32. The molecule has 4 unspecified atom stereocenters. The molecule has 0 amide bonds. The molecule has 2 aliphatic rings. The molecular formula is C38H50O11. The van der Waals surface area contributed by atoms with E-state index in [2.05, 4.69) is 0 Å². The van der Waals surface area contributed by atoms with Gasteiger partial charge in [-0.1, -0.05) is 43.4 Å². The van der Waals surface area contributed by atoms with Crippen LogP contribution >= 0.6 is 0 Å². The smallest absolute Gasteiger partial charge is 0.342 e. The summed E-state index contributed by atoms with van der Waals surface area (Å²) in [7, 11) is 3.09. The van der Waals surface area contributed by atoms with Gasteiger partial charge in [0.2, 0.25) is 0 Å². The van der Waals surface area contributed by atoms with Crippen molar-refractivity contribution >= 4 is 18.0 Å². The van der Waals surface area contributed by atoms with Crippen molar-refractivity contribution in [2.45, 2.75) is 90.4 Å². The number of carbonyl (C=O) groups is 2. The summed E-state index contributed by atoms with van der Waals surface area (Å²) >= 11 is 0. The van der Waals surface area contributed by atoms with E-state index in [1.165, 1.54) is 7.11 Å². The van der Waals surface area contributed by atoms with Gasteiger partial charge in [0.15, 0.2) is 18.4 Å². The third kappa shape index (κ3) is 10.9. The first-order valence-corrected chi connectivity index (χ1v) is 16.6. The van der Waals surface area contributed by atoms with E-state index in [0.717, 1.165) is 0 Å². The van der Waals surface area contributed by atoms with Gasteiger partial charge in [0.05, 0.1) is 24.9 Å². The van der Waals surface area contributed by atoms with E-state index in [0.29, 0.717) is 42.9 Å². The van der Waals surface area contributed by atoms with Crippen molar-refractivity contribution in [2.24, 2.45) is 5.92 Å². The van der Waals surface area contributed by atoms with Crippen molar-refractivity contribution < 1.29 is 52.2 Å². The molecule has 49 heavy (non-hydrogen) atoms. The number of carbonyl (C=O) groups excluding carboxylic acids is 2. The number of cyclic esters (lactones) is 1. The van der Waals surface area contributed by atoms with Crippen LogP contribution in [-0.2, 0) is 33.2 Å². The van der Waals surface area contributed by atoms with Gasteiger partial charge >= 0.3 is 11.9 Å². The van der Waals surface area contributed by atoms with Gasteiger partial charge in [-0.25, -0.2) is 9.59 Å². The molecule has 4 rings (SSSR count). The number of methoxy groups -OCH3 is 2. The van der Waals surface area contributed by atoms with Crippen molar-refractivity contribution in [2.75, 3.05) is 34.2 Å². The molecule has 1 fully saturated rings. The molecule has 1 saturated heterocycles. The van der Waals surface area contributed by atoms with Crippen LogP contribution in [0.4, 0.5) is 0 Å². The van der Waals surface area contributed by atoms with Gasteiger partial charge in [0.25, 0.3) is 0 Å². The van der Waals surface area contributed by atoms with Crippen molar-refractivity contribution in [1.29, 1.82) is 0 Å². The average molecular weight is 683 g/mol. The zero-order valence-corrected chi connectivity index (χ0v) is 29.8. The number of rotatable bonds is 12. The summed E-state index contributed by atoms with van der Waals surface area (Å²) in [6, 6.07) is 12.2. The lowest BCUT2D eigenvalue weighted by atomic mass is 9.98. The van der Waals surface area contributed by atoms with Gasteiger partial charge in [-0.2, -0.15) is 0 Å². The molecule has 2 aromatic carbocycles. The zero-order chi connectivity index (χ0) is 35.6. The highest BCUT2D eigenvalue weighted by Gasteiger charge is 2.45. The van der Waals surface area contributed by atoms with Gasteiger partial charge in [-0.05, 0) is 70.9 Å². The topological polar surface area (TPSA) is 117 Å². The van der Waals surface area contributed by atoms with Crippen LogP contribution in [0.2, 0.25) is 0 Å². The minimum Gasteiger partial charge on any atom is -0.493 e. The average Bonchev–Trinajstić information content (AvgIpc) is 3.38. The molecule has 0 aliphatic carbocycles. The second kappa shape index (κ2) is 17.3. The molecule has 2 aliphatic heterocycles. The summed E-state index contributed by atoms with van der Waals surface area (Å²) in [6.45, 7) is 11.8. The summed E-state index contributed by atoms with van der Waals surface area (Å²) in [4.78, 5) is 27.0. The Morgan fingerprint density at radius 3 is 2.47 bits per heavy atom. The van der Waals surface area contributed by atoms with Crippen LogP contribution in [0.5, 0.6) is 11.5 Å². The molecule has 5 atom stereocenters. The van der Waals surface area contributed by atoms with E-state index >= 15 is 0 Å². The summed E-state index contributed by atoms with van der Waals surface area (Å²) < 4.78 is 52.9. The Morgan fingerprint density at radius 2 is 1.76 bits per heavy atom. The largest absolute Gasteiger partial charge is 0.493 e. The van der Waals surface area contributed by atoms with E-state index in [4.69, 9.17) is 42.6 Å². The number of fused-ring (bicyclic) bond motifs is 2.